The van der Waals surface area contributed by atoms with E-state index in [4.69, 9.17) is 0 Å². The summed E-state index contributed by atoms with van der Waals surface area (Å²) >= 11 is 3.35. The zero-order chi connectivity index (χ0) is 15.5. The van der Waals surface area contributed by atoms with Gasteiger partial charge >= 0.3 is 0 Å². The van der Waals surface area contributed by atoms with Gasteiger partial charge in [0.15, 0.2) is 9.84 Å². The number of nitrogens with one attached hydrogen (secondary N) is 1. The highest BCUT2D eigenvalue weighted by molar-refractivity contribution is 9.08. The second-order valence-corrected chi connectivity index (χ2v) is 7.16. The first-order chi connectivity index (χ1) is 9.90. The third-order valence-corrected chi connectivity index (χ3v) is 4.65. The molecular formula is C15H14BrNO3S. The van der Waals surface area contributed by atoms with E-state index < -0.39 is 9.84 Å². The molecule has 1 N–H and O–H groups in total. The maximum absolute atomic E-state index is 12.1. The quantitative estimate of drug-likeness (QED) is 0.843. The highest BCUT2D eigenvalue weighted by atomic mass is 79.9. The molecule has 0 radical (unpaired) electrons. The van der Waals surface area contributed by atoms with Crippen molar-refractivity contribution in [1.29, 1.82) is 0 Å². The predicted molar refractivity (Wildman–Crippen MR) is 86.6 cm³/mol. The van der Waals surface area contributed by atoms with E-state index in [1.165, 1.54) is 12.1 Å². The molecule has 4 nitrogen and oxygen atoms in total. The van der Waals surface area contributed by atoms with Crippen LogP contribution in [0.25, 0.3) is 0 Å². The molecule has 0 aliphatic heterocycles. The van der Waals surface area contributed by atoms with Gasteiger partial charge in [0.2, 0.25) is 0 Å². The lowest BCUT2D eigenvalue weighted by molar-refractivity contribution is 0.102. The van der Waals surface area contributed by atoms with Crippen molar-refractivity contribution in [2.75, 3.05) is 11.6 Å². The van der Waals surface area contributed by atoms with Crippen LogP contribution in [-0.2, 0) is 15.2 Å². The summed E-state index contributed by atoms with van der Waals surface area (Å²) in [5.41, 5.74) is 2.07. The number of anilines is 1. The van der Waals surface area contributed by atoms with Crippen LogP contribution in [0.4, 0.5) is 5.69 Å². The molecule has 0 aromatic heterocycles. The van der Waals surface area contributed by atoms with Crippen LogP contribution in [0.15, 0.2) is 53.4 Å². The van der Waals surface area contributed by atoms with Crippen LogP contribution in [-0.4, -0.2) is 20.6 Å². The monoisotopic (exact) mass is 367 g/mol. The number of carbonyl (C=O) groups excluding carboxylic acids is 1. The number of rotatable bonds is 4. The Balaban J connectivity index is 2.20. The first-order valence-electron chi connectivity index (χ1n) is 6.16. The smallest absolute Gasteiger partial charge is 0.255 e. The van der Waals surface area contributed by atoms with E-state index in [2.05, 4.69) is 21.2 Å². The normalized spacial score (nSPS) is 11.1. The predicted octanol–water partition coefficient (Wildman–Crippen LogP) is 3.24. The second kappa shape index (κ2) is 6.41. The first-order valence-corrected chi connectivity index (χ1v) is 9.18. The lowest BCUT2D eigenvalue weighted by Gasteiger charge is -2.07. The van der Waals surface area contributed by atoms with Gasteiger partial charge < -0.3 is 5.32 Å². The Morgan fingerprint density at radius 3 is 2.38 bits per heavy atom. The molecule has 0 saturated carbocycles. The van der Waals surface area contributed by atoms with E-state index in [1.807, 2.05) is 12.1 Å². The van der Waals surface area contributed by atoms with Gasteiger partial charge in [-0.15, -0.1) is 0 Å². The van der Waals surface area contributed by atoms with Gasteiger partial charge in [0.05, 0.1) is 4.90 Å². The van der Waals surface area contributed by atoms with Crippen molar-refractivity contribution >= 4 is 37.4 Å². The van der Waals surface area contributed by atoms with Gasteiger partial charge in [-0.3, -0.25) is 4.79 Å². The fraction of sp³-hybridized carbons (Fsp3) is 0.133. The van der Waals surface area contributed by atoms with Crippen LogP contribution >= 0.6 is 15.9 Å². The standard InChI is InChI=1S/C15H14BrNO3S/c1-21(19,20)14-4-2-3-12(9-14)15(18)17-13-7-5-11(10-16)6-8-13/h2-9H,10H2,1H3,(H,17,18). The fourth-order valence-corrected chi connectivity index (χ4v) is 2.79. The molecule has 2 rings (SSSR count). The van der Waals surface area contributed by atoms with E-state index >= 15 is 0 Å². The molecular weight excluding hydrogens is 354 g/mol. The maximum Gasteiger partial charge on any atom is 0.255 e. The Bertz CT molecular complexity index is 755. The summed E-state index contributed by atoms with van der Waals surface area (Å²) in [5.74, 6) is -0.341. The fourth-order valence-electron chi connectivity index (χ4n) is 1.75. The molecule has 0 spiro atoms. The number of amides is 1. The highest BCUT2D eigenvalue weighted by Crippen LogP contribution is 2.15. The summed E-state index contributed by atoms with van der Waals surface area (Å²) in [5, 5.41) is 3.49. The Labute approximate surface area is 132 Å². The van der Waals surface area contributed by atoms with Crippen molar-refractivity contribution in [2.24, 2.45) is 0 Å². The van der Waals surface area contributed by atoms with Gasteiger partial charge in [0.1, 0.15) is 0 Å². The van der Waals surface area contributed by atoms with Crippen molar-refractivity contribution in [1.82, 2.24) is 0 Å². The number of sulfone groups is 1. The second-order valence-electron chi connectivity index (χ2n) is 4.58. The Morgan fingerprint density at radius 1 is 1.14 bits per heavy atom. The van der Waals surface area contributed by atoms with E-state index in [0.29, 0.717) is 11.3 Å². The summed E-state index contributed by atoms with van der Waals surface area (Å²) < 4.78 is 23.0. The molecule has 6 heteroatoms. The SMILES string of the molecule is CS(=O)(=O)c1cccc(C(=O)Nc2ccc(CBr)cc2)c1. The molecule has 0 heterocycles. The third-order valence-electron chi connectivity index (χ3n) is 2.89. The van der Waals surface area contributed by atoms with Gasteiger partial charge in [0.25, 0.3) is 5.91 Å². The van der Waals surface area contributed by atoms with Crippen molar-refractivity contribution < 1.29 is 13.2 Å². The Morgan fingerprint density at radius 2 is 1.81 bits per heavy atom. The van der Waals surface area contributed by atoms with Gasteiger partial charge in [-0.05, 0) is 35.9 Å². The highest BCUT2D eigenvalue weighted by Gasteiger charge is 2.11. The summed E-state index contributed by atoms with van der Waals surface area (Å²) in [6, 6.07) is 13.4. The Hall–Kier alpha value is -1.66. The minimum Gasteiger partial charge on any atom is -0.322 e. The maximum atomic E-state index is 12.1. The number of alkyl halides is 1. The number of halogens is 1. The van der Waals surface area contributed by atoms with Crippen LogP contribution < -0.4 is 5.32 Å². The van der Waals surface area contributed by atoms with Gasteiger partial charge in [-0.25, -0.2) is 8.42 Å². The largest absolute Gasteiger partial charge is 0.322 e. The van der Waals surface area contributed by atoms with E-state index in [0.717, 1.165) is 17.1 Å². The average molecular weight is 368 g/mol. The van der Waals surface area contributed by atoms with Gasteiger partial charge in [-0.1, -0.05) is 34.1 Å². The van der Waals surface area contributed by atoms with E-state index in [-0.39, 0.29) is 10.8 Å². The van der Waals surface area contributed by atoms with Crippen molar-refractivity contribution in [3.8, 4) is 0 Å². The van der Waals surface area contributed by atoms with Crippen LogP contribution in [0.3, 0.4) is 0 Å². The van der Waals surface area contributed by atoms with Gasteiger partial charge in [0, 0.05) is 22.8 Å². The summed E-state index contributed by atoms with van der Waals surface area (Å²) in [6.07, 6.45) is 1.11. The van der Waals surface area contributed by atoms with Crippen molar-refractivity contribution in [2.45, 2.75) is 10.2 Å². The molecule has 0 atom stereocenters. The summed E-state index contributed by atoms with van der Waals surface area (Å²) in [7, 11) is -3.33. The first kappa shape index (κ1) is 15.7. The zero-order valence-corrected chi connectivity index (χ0v) is 13.7. The summed E-state index contributed by atoms with van der Waals surface area (Å²) in [4.78, 5) is 12.3. The number of benzene rings is 2. The lowest BCUT2D eigenvalue weighted by Crippen LogP contribution is -2.12. The molecule has 0 aliphatic rings. The van der Waals surface area contributed by atoms with Crippen LogP contribution in [0.1, 0.15) is 15.9 Å². The molecule has 0 fully saturated rings. The van der Waals surface area contributed by atoms with Gasteiger partial charge in [-0.2, -0.15) is 0 Å². The van der Waals surface area contributed by atoms with Crippen LogP contribution in [0.2, 0.25) is 0 Å². The molecule has 2 aromatic rings. The molecule has 2 aromatic carbocycles. The number of hydrogen-bond donors (Lipinski definition) is 1. The average Bonchev–Trinajstić information content (AvgIpc) is 2.47. The minimum absolute atomic E-state index is 0.129. The molecule has 0 unspecified atom stereocenters. The molecule has 110 valence electrons. The number of hydrogen-bond acceptors (Lipinski definition) is 3. The van der Waals surface area contributed by atoms with Crippen LogP contribution in [0, 0.1) is 0 Å². The molecule has 21 heavy (non-hydrogen) atoms. The molecule has 1 amide bonds. The summed E-state index contributed by atoms with van der Waals surface area (Å²) in [6.45, 7) is 0. The van der Waals surface area contributed by atoms with Crippen LogP contribution in [0.5, 0.6) is 0 Å². The third kappa shape index (κ3) is 4.15. The van der Waals surface area contributed by atoms with Crippen molar-refractivity contribution in [3.63, 3.8) is 0 Å². The molecule has 0 aliphatic carbocycles. The molecule has 0 bridgehead atoms. The number of carbonyl (C=O) groups is 1. The molecule has 0 saturated heterocycles. The topological polar surface area (TPSA) is 63.2 Å². The van der Waals surface area contributed by atoms with E-state index in [9.17, 15) is 13.2 Å². The minimum atomic E-state index is -3.33. The Kier molecular flexibility index (Phi) is 4.80. The van der Waals surface area contributed by atoms with Crippen molar-refractivity contribution in [3.05, 3.63) is 59.7 Å². The lowest BCUT2D eigenvalue weighted by atomic mass is 10.2. The van der Waals surface area contributed by atoms with E-state index in [1.54, 1.807) is 24.3 Å². The zero-order valence-electron chi connectivity index (χ0n) is 11.3.